The number of rotatable bonds is 6. The predicted octanol–water partition coefficient (Wildman–Crippen LogP) is 3.84. The van der Waals surface area contributed by atoms with E-state index < -0.39 is 9.52 Å². The molecule has 4 rings (SSSR count). The molecule has 31 heavy (non-hydrogen) atoms. The van der Waals surface area contributed by atoms with Crippen LogP contribution in [0.4, 0.5) is 10.5 Å². The summed E-state index contributed by atoms with van der Waals surface area (Å²) in [5.74, 6) is 4.38. The molecule has 0 saturated heterocycles. The highest BCUT2D eigenvalue weighted by molar-refractivity contribution is 7.99. The first-order chi connectivity index (χ1) is 14.9. The van der Waals surface area contributed by atoms with Crippen molar-refractivity contribution in [1.29, 1.82) is 0 Å². The van der Waals surface area contributed by atoms with Crippen LogP contribution in [0, 0.1) is 0 Å². The number of carbonyl (C=O) groups excluding carboxylic acids is 1. The molecule has 2 atom stereocenters. The highest BCUT2D eigenvalue weighted by atomic mass is 32.2. The van der Waals surface area contributed by atoms with Gasteiger partial charge in [-0.2, -0.15) is 0 Å². The van der Waals surface area contributed by atoms with E-state index in [4.69, 9.17) is 0 Å². The molecule has 0 fully saturated rings. The van der Waals surface area contributed by atoms with E-state index in [1.54, 1.807) is 36.7 Å². The summed E-state index contributed by atoms with van der Waals surface area (Å²) < 4.78 is 13.3. The van der Waals surface area contributed by atoms with E-state index in [2.05, 4.69) is 38.9 Å². The number of aromatic nitrogens is 1. The largest absolute Gasteiger partial charge is 0.331 e. The lowest BCUT2D eigenvalue weighted by atomic mass is 10.1. The molecule has 0 spiro atoms. The third-order valence-corrected chi connectivity index (χ3v) is 7.31. The maximum absolute atomic E-state index is 13.3. The molecule has 1 aliphatic heterocycles. The van der Waals surface area contributed by atoms with Crippen LogP contribution >= 0.6 is 0 Å². The van der Waals surface area contributed by atoms with Crippen molar-refractivity contribution in [2.24, 2.45) is 0 Å². The second-order valence-electron chi connectivity index (χ2n) is 7.79. The van der Waals surface area contributed by atoms with Gasteiger partial charge in [-0.3, -0.25) is 9.19 Å². The Morgan fingerprint density at radius 2 is 1.94 bits per heavy atom. The fourth-order valence-corrected chi connectivity index (χ4v) is 5.17. The van der Waals surface area contributed by atoms with Crippen molar-refractivity contribution in [3.8, 4) is 0 Å². The van der Waals surface area contributed by atoms with E-state index in [0.717, 1.165) is 24.2 Å². The van der Waals surface area contributed by atoms with E-state index in [0.29, 0.717) is 16.3 Å². The molecule has 0 bridgehead atoms. The number of amides is 2. The number of anilines is 1. The molecular weight excluding hydrogens is 408 g/mol. The van der Waals surface area contributed by atoms with Crippen LogP contribution in [0.5, 0.6) is 0 Å². The van der Waals surface area contributed by atoms with Gasteiger partial charge in [-0.1, -0.05) is 24.3 Å². The zero-order chi connectivity index (χ0) is 21.8. The molecule has 6 nitrogen and oxygen atoms in total. The van der Waals surface area contributed by atoms with Crippen molar-refractivity contribution in [2.45, 2.75) is 36.7 Å². The zero-order valence-corrected chi connectivity index (χ0v) is 18.2. The summed E-state index contributed by atoms with van der Waals surface area (Å²) in [5.41, 5.74) is 5.13. The topological polar surface area (TPSA) is 83.1 Å². The number of urea groups is 1. The summed E-state index contributed by atoms with van der Waals surface area (Å²) in [6.07, 6.45) is 3.42. The lowest BCUT2D eigenvalue weighted by Gasteiger charge is -2.15. The van der Waals surface area contributed by atoms with Gasteiger partial charge >= 0.3 is 6.03 Å². The molecule has 3 N–H and O–H groups in total. The number of pyridine rings is 1. The number of benzene rings is 2. The summed E-state index contributed by atoms with van der Waals surface area (Å²) in [5, 5.41) is 9.01. The van der Waals surface area contributed by atoms with Gasteiger partial charge in [0, 0.05) is 51.3 Å². The fraction of sp³-hybridized carbons (Fsp3) is 0.208. The van der Waals surface area contributed by atoms with Crippen LogP contribution in [-0.4, -0.2) is 21.1 Å². The van der Waals surface area contributed by atoms with Crippen LogP contribution in [0.3, 0.4) is 0 Å². The summed E-state index contributed by atoms with van der Waals surface area (Å²) >= 11 is 0. The van der Waals surface area contributed by atoms with E-state index in [1.807, 2.05) is 25.1 Å². The lowest BCUT2D eigenvalue weighted by molar-refractivity contribution is 0.249. The molecule has 1 aromatic heterocycles. The molecular formula is C24H26N4O2S. The van der Waals surface area contributed by atoms with Crippen molar-refractivity contribution in [3.05, 3.63) is 89.2 Å². The molecule has 2 amide bonds. The summed E-state index contributed by atoms with van der Waals surface area (Å²) in [4.78, 5) is 17.0. The normalized spacial score (nSPS) is 15.5. The number of hydrogen-bond donors (Lipinski definition) is 3. The number of hydrogen-bond acceptors (Lipinski definition) is 4. The van der Waals surface area contributed by atoms with E-state index in [9.17, 15) is 9.00 Å². The third kappa shape index (κ3) is 5.13. The van der Waals surface area contributed by atoms with Crippen LogP contribution in [0.1, 0.15) is 35.2 Å². The van der Waals surface area contributed by atoms with Crippen molar-refractivity contribution >= 4 is 27.1 Å². The first-order valence-electron chi connectivity index (χ1n) is 10.1. The SMILES string of the molecule is C=S(=O)(Cc1ccc2c(c1)CNC2)c1ccc(NC(=O)NC(C)c2cccnc2)cc1. The van der Waals surface area contributed by atoms with Crippen LogP contribution in [-0.2, 0) is 28.4 Å². The first-order valence-corrected chi connectivity index (χ1v) is 12.0. The summed E-state index contributed by atoms with van der Waals surface area (Å²) in [6, 6.07) is 16.5. The highest BCUT2D eigenvalue weighted by Gasteiger charge is 2.14. The first kappa shape index (κ1) is 21.1. The van der Waals surface area contributed by atoms with E-state index in [-0.39, 0.29) is 12.1 Å². The Hall–Kier alpha value is -3.16. The Kier molecular flexibility index (Phi) is 6.06. The average molecular weight is 435 g/mol. The van der Waals surface area contributed by atoms with Gasteiger partial charge in [0.15, 0.2) is 0 Å². The van der Waals surface area contributed by atoms with Crippen LogP contribution < -0.4 is 16.0 Å². The van der Waals surface area contributed by atoms with Crippen molar-refractivity contribution in [1.82, 2.24) is 15.6 Å². The van der Waals surface area contributed by atoms with Crippen molar-refractivity contribution in [2.75, 3.05) is 5.32 Å². The van der Waals surface area contributed by atoms with Crippen LogP contribution in [0.25, 0.3) is 0 Å². The number of nitrogens with one attached hydrogen (secondary N) is 3. The maximum Gasteiger partial charge on any atom is 0.319 e. The van der Waals surface area contributed by atoms with Gasteiger partial charge in [0.05, 0.1) is 6.04 Å². The summed E-state index contributed by atoms with van der Waals surface area (Å²) in [7, 11) is -2.49. The van der Waals surface area contributed by atoms with Crippen molar-refractivity contribution < 1.29 is 9.00 Å². The van der Waals surface area contributed by atoms with Gasteiger partial charge in [0.2, 0.25) is 0 Å². The molecule has 2 unspecified atom stereocenters. The highest BCUT2D eigenvalue weighted by Crippen LogP contribution is 2.22. The molecule has 0 saturated carbocycles. The Labute approximate surface area is 183 Å². The van der Waals surface area contributed by atoms with Gasteiger partial charge in [-0.25, -0.2) is 4.79 Å². The summed E-state index contributed by atoms with van der Waals surface area (Å²) in [6.45, 7) is 3.63. The van der Waals surface area contributed by atoms with Gasteiger partial charge in [0.25, 0.3) is 0 Å². The Morgan fingerprint density at radius 1 is 1.16 bits per heavy atom. The average Bonchev–Trinajstić information content (AvgIpc) is 3.22. The smallest absolute Gasteiger partial charge is 0.319 e. The quantitative estimate of drug-likeness (QED) is 0.515. The zero-order valence-electron chi connectivity index (χ0n) is 17.4. The molecule has 1 aliphatic rings. The Bertz CT molecular complexity index is 1180. The Balaban J connectivity index is 1.38. The van der Waals surface area contributed by atoms with Gasteiger partial charge in [0.1, 0.15) is 0 Å². The molecule has 2 heterocycles. The molecule has 2 aromatic carbocycles. The van der Waals surface area contributed by atoms with E-state index in [1.165, 1.54) is 11.1 Å². The van der Waals surface area contributed by atoms with Crippen LogP contribution in [0.2, 0.25) is 0 Å². The number of carbonyl (C=O) groups is 1. The number of nitrogens with zero attached hydrogens (tertiary/aromatic N) is 1. The second-order valence-corrected chi connectivity index (χ2v) is 10.2. The van der Waals surface area contributed by atoms with Crippen LogP contribution in [0.15, 0.2) is 71.9 Å². The fourth-order valence-electron chi connectivity index (χ4n) is 3.66. The van der Waals surface area contributed by atoms with Crippen molar-refractivity contribution in [3.63, 3.8) is 0 Å². The maximum atomic E-state index is 13.3. The van der Waals surface area contributed by atoms with E-state index >= 15 is 0 Å². The molecule has 0 radical (unpaired) electrons. The predicted molar refractivity (Wildman–Crippen MR) is 125 cm³/mol. The van der Waals surface area contributed by atoms with Gasteiger partial charge < -0.3 is 16.0 Å². The van der Waals surface area contributed by atoms with Gasteiger partial charge in [-0.15, -0.1) is 0 Å². The minimum absolute atomic E-state index is 0.172. The minimum Gasteiger partial charge on any atom is -0.331 e. The Morgan fingerprint density at radius 3 is 2.68 bits per heavy atom. The monoisotopic (exact) mass is 434 g/mol. The number of fused-ring (bicyclic) bond motifs is 1. The standard InChI is InChI=1S/C24H26N4O2S/c1-17(19-4-3-11-25-13-19)27-24(29)28-22-7-9-23(10-8-22)31(2,30)16-18-5-6-20-14-26-15-21(20)12-18/h3-13,17,26H,2,14-16H2,1H3,(H2,27,28,29). The minimum atomic E-state index is -2.49. The molecule has 0 aliphatic carbocycles. The van der Waals surface area contributed by atoms with Gasteiger partial charge in [-0.05, 0) is 65.4 Å². The third-order valence-electron chi connectivity index (χ3n) is 5.38. The molecule has 160 valence electrons. The second kappa shape index (κ2) is 8.91. The lowest BCUT2D eigenvalue weighted by Crippen LogP contribution is -2.31. The molecule has 3 aromatic rings. The molecule has 7 heteroatoms.